The Labute approximate surface area is 193 Å². The van der Waals surface area contributed by atoms with Crippen LogP contribution in [0.4, 0.5) is 10.5 Å². The molecular weight excluding hydrogens is 428 g/mol. The van der Waals surface area contributed by atoms with E-state index in [-0.39, 0.29) is 17.9 Å². The third-order valence-electron chi connectivity index (χ3n) is 5.38. The first-order valence-corrected chi connectivity index (χ1v) is 10.9. The molecule has 2 aromatic rings. The molecule has 1 aromatic heterocycles. The maximum Gasteiger partial charge on any atom is 0.410 e. The molecule has 0 unspecified atom stereocenters. The fourth-order valence-corrected chi connectivity index (χ4v) is 3.67. The number of amides is 1. The predicted octanol–water partition coefficient (Wildman–Crippen LogP) is 4.77. The van der Waals surface area contributed by atoms with Crippen molar-refractivity contribution >= 4 is 11.8 Å². The van der Waals surface area contributed by atoms with Gasteiger partial charge in [-0.2, -0.15) is 9.97 Å². The first-order chi connectivity index (χ1) is 15.7. The summed E-state index contributed by atoms with van der Waals surface area (Å²) < 4.78 is 16.0. The van der Waals surface area contributed by atoms with Gasteiger partial charge in [-0.15, -0.1) is 0 Å². The molecule has 0 N–H and O–H groups in total. The number of hydrogen-bond donors (Lipinski definition) is 0. The molecular formula is C23H30N4O6. The van der Waals surface area contributed by atoms with Gasteiger partial charge < -0.3 is 19.1 Å². The van der Waals surface area contributed by atoms with Gasteiger partial charge in [-0.25, -0.2) is 4.79 Å². The second kappa shape index (κ2) is 10.5. The Morgan fingerprint density at radius 2 is 1.79 bits per heavy atom. The van der Waals surface area contributed by atoms with Crippen LogP contribution in [-0.4, -0.2) is 51.7 Å². The third-order valence-corrected chi connectivity index (χ3v) is 5.38. The molecule has 10 heteroatoms. The zero-order valence-corrected chi connectivity index (χ0v) is 19.4. The fourth-order valence-electron chi connectivity index (χ4n) is 3.67. The van der Waals surface area contributed by atoms with Crippen LogP contribution in [0.15, 0.2) is 30.6 Å². The Kier molecular flexibility index (Phi) is 7.67. The predicted molar refractivity (Wildman–Crippen MR) is 121 cm³/mol. The zero-order valence-electron chi connectivity index (χ0n) is 19.4. The van der Waals surface area contributed by atoms with Crippen LogP contribution in [0.2, 0.25) is 0 Å². The highest BCUT2D eigenvalue weighted by atomic mass is 16.6. The minimum atomic E-state index is -0.628. The van der Waals surface area contributed by atoms with E-state index in [0.29, 0.717) is 24.8 Å². The van der Waals surface area contributed by atoms with E-state index in [1.165, 1.54) is 7.11 Å². The Hall–Kier alpha value is -3.43. The van der Waals surface area contributed by atoms with Crippen LogP contribution in [0.25, 0.3) is 0 Å². The summed E-state index contributed by atoms with van der Waals surface area (Å²) in [6.45, 7) is 7.06. The van der Waals surface area contributed by atoms with Crippen molar-refractivity contribution < 1.29 is 23.9 Å². The van der Waals surface area contributed by atoms with Crippen LogP contribution >= 0.6 is 0 Å². The summed E-state index contributed by atoms with van der Waals surface area (Å²) in [7, 11) is 1.30. The summed E-state index contributed by atoms with van der Waals surface area (Å²) in [4.78, 5) is 32.3. The summed E-state index contributed by atoms with van der Waals surface area (Å²) in [5.74, 6) is 0.666. The van der Waals surface area contributed by atoms with Gasteiger partial charge in [0.2, 0.25) is 0 Å². The number of methoxy groups -OCH3 is 1. The number of hydrogen-bond acceptors (Lipinski definition) is 8. The molecule has 178 valence electrons. The standard InChI is InChI=1S/C23H30N4O6/c1-23(2,3)33-22(28)26-13-11-17(12-14-26)6-5-16-7-9-18(10-8-16)32-21-19(27(29)30)20(31-4)24-15-25-21/h7-10,15,17H,5-6,11-14H2,1-4H3. The van der Waals surface area contributed by atoms with Crippen molar-refractivity contribution in [2.75, 3.05) is 20.2 Å². The van der Waals surface area contributed by atoms with Gasteiger partial charge in [0.25, 0.3) is 0 Å². The molecule has 1 fully saturated rings. The highest BCUT2D eigenvalue weighted by Gasteiger charge is 2.27. The maximum atomic E-state index is 12.2. The highest BCUT2D eigenvalue weighted by molar-refractivity contribution is 5.68. The Bertz CT molecular complexity index is 966. The van der Waals surface area contributed by atoms with E-state index in [1.807, 2.05) is 32.9 Å². The van der Waals surface area contributed by atoms with Crippen LogP contribution < -0.4 is 9.47 Å². The Morgan fingerprint density at radius 3 is 2.36 bits per heavy atom. The van der Waals surface area contributed by atoms with Crippen molar-refractivity contribution in [3.05, 3.63) is 46.3 Å². The number of aryl methyl sites for hydroxylation is 1. The first-order valence-electron chi connectivity index (χ1n) is 10.9. The van der Waals surface area contributed by atoms with E-state index in [0.717, 1.165) is 37.6 Å². The number of carbonyl (C=O) groups is 1. The number of ether oxygens (including phenoxy) is 3. The lowest BCUT2D eigenvalue weighted by Crippen LogP contribution is -2.41. The van der Waals surface area contributed by atoms with Gasteiger partial charge in [0, 0.05) is 13.1 Å². The summed E-state index contributed by atoms with van der Waals surface area (Å²) in [6, 6.07) is 7.41. The third kappa shape index (κ3) is 6.77. The molecule has 33 heavy (non-hydrogen) atoms. The zero-order chi connectivity index (χ0) is 24.0. The Balaban J connectivity index is 1.50. The van der Waals surface area contributed by atoms with Crippen molar-refractivity contribution in [1.82, 2.24) is 14.9 Å². The topological polar surface area (TPSA) is 117 Å². The molecule has 1 aromatic carbocycles. The molecule has 0 aliphatic carbocycles. The van der Waals surface area contributed by atoms with Crippen molar-refractivity contribution in [1.29, 1.82) is 0 Å². The molecule has 1 aliphatic rings. The van der Waals surface area contributed by atoms with E-state index in [4.69, 9.17) is 14.2 Å². The lowest BCUT2D eigenvalue weighted by atomic mass is 9.90. The number of benzene rings is 1. The van der Waals surface area contributed by atoms with Gasteiger partial charge >= 0.3 is 23.5 Å². The molecule has 3 rings (SSSR count). The maximum absolute atomic E-state index is 12.2. The van der Waals surface area contributed by atoms with Gasteiger partial charge in [-0.05, 0) is 70.1 Å². The summed E-state index contributed by atoms with van der Waals surface area (Å²) in [5, 5.41) is 11.3. The number of piperidine rings is 1. The molecule has 0 radical (unpaired) electrons. The SMILES string of the molecule is COc1ncnc(Oc2ccc(CCC3CCN(C(=O)OC(C)(C)C)CC3)cc2)c1[N+](=O)[O-]. The molecule has 1 aliphatic heterocycles. The van der Waals surface area contributed by atoms with Crippen LogP contribution in [-0.2, 0) is 11.2 Å². The minimum absolute atomic E-state index is 0.153. The first kappa shape index (κ1) is 24.2. The lowest BCUT2D eigenvalue weighted by molar-refractivity contribution is -0.387. The number of nitrogens with zero attached hydrogens (tertiary/aromatic N) is 4. The second-order valence-corrected chi connectivity index (χ2v) is 8.99. The summed E-state index contributed by atoms with van der Waals surface area (Å²) >= 11 is 0. The van der Waals surface area contributed by atoms with Crippen LogP contribution in [0.1, 0.15) is 45.6 Å². The van der Waals surface area contributed by atoms with Gasteiger partial charge in [0.1, 0.15) is 17.7 Å². The normalized spacial score (nSPS) is 14.6. The largest absolute Gasteiger partial charge is 0.476 e. The number of nitro groups is 1. The molecule has 1 saturated heterocycles. The number of aromatic nitrogens is 2. The highest BCUT2D eigenvalue weighted by Crippen LogP contribution is 2.35. The summed E-state index contributed by atoms with van der Waals surface area (Å²) in [5.41, 5.74) is 0.252. The number of likely N-dealkylation sites (tertiary alicyclic amines) is 1. The number of rotatable bonds is 7. The van der Waals surface area contributed by atoms with Crippen LogP contribution in [0.3, 0.4) is 0 Å². The van der Waals surface area contributed by atoms with Gasteiger partial charge in [-0.3, -0.25) is 10.1 Å². The van der Waals surface area contributed by atoms with Crippen molar-refractivity contribution in [2.45, 2.75) is 52.1 Å². The molecule has 0 atom stereocenters. The van der Waals surface area contributed by atoms with Crippen molar-refractivity contribution in [2.24, 2.45) is 5.92 Å². The van der Waals surface area contributed by atoms with E-state index >= 15 is 0 Å². The molecule has 0 spiro atoms. The van der Waals surface area contributed by atoms with E-state index in [1.54, 1.807) is 17.0 Å². The van der Waals surface area contributed by atoms with Crippen LogP contribution in [0, 0.1) is 16.0 Å². The quantitative estimate of drug-likeness (QED) is 0.430. The summed E-state index contributed by atoms with van der Waals surface area (Å²) in [6.07, 6.45) is 4.76. The number of carbonyl (C=O) groups excluding carboxylic acids is 1. The average Bonchev–Trinajstić information content (AvgIpc) is 2.77. The average molecular weight is 459 g/mol. The van der Waals surface area contributed by atoms with Crippen molar-refractivity contribution in [3.8, 4) is 17.5 Å². The van der Waals surface area contributed by atoms with Crippen molar-refractivity contribution in [3.63, 3.8) is 0 Å². The van der Waals surface area contributed by atoms with Gasteiger partial charge in [0.05, 0.1) is 12.0 Å². The van der Waals surface area contributed by atoms with Gasteiger partial charge in [-0.1, -0.05) is 12.1 Å². The molecule has 1 amide bonds. The van der Waals surface area contributed by atoms with E-state index < -0.39 is 16.2 Å². The van der Waals surface area contributed by atoms with E-state index in [2.05, 4.69) is 9.97 Å². The van der Waals surface area contributed by atoms with Gasteiger partial charge in [0.15, 0.2) is 0 Å². The molecule has 2 heterocycles. The monoisotopic (exact) mass is 458 g/mol. The molecule has 0 saturated carbocycles. The molecule has 10 nitrogen and oxygen atoms in total. The molecule has 0 bridgehead atoms. The van der Waals surface area contributed by atoms with Crippen LogP contribution in [0.5, 0.6) is 17.5 Å². The smallest absolute Gasteiger partial charge is 0.410 e. The fraction of sp³-hybridized carbons (Fsp3) is 0.522. The Morgan fingerprint density at radius 1 is 1.15 bits per heavy atom. The lowest BCUT2D eigenvalue weighted by Gasteiger charge is -2.33. The minimum Gasteiger partial charge on any atom is -0.476 e. The van der Waals surface area contributed by atoms with E-state index in [9.17, 15) is 14.9 Å². The second-order valence-electron chi connectivity index (χ2n) is 8.99.